The molecule has 0 aliphatic heterocycles. The van der Waals surface area contributed by atoms with Gasteiger partial charge >= 0.3 is 0 Å². The lowest BCUT2D eigenvalue weighted by Gasteiger charge is -2.21. The van der Waals surface area contributed by atoms with E-state index < -0.39 is 10.8 Å². The summed E-state index contributed by atoms with van der Waals surface area (Å²) in [6.07, 6.45) is 5.76. The first-order valence-corrected chi connectivity index (χ1v) is 12.4. The van der Waals surface area contributed by atoms with Crippen LogP contribution in [0.1, 0.15) is 67.8 Å². The summed E-state index contributed by atoms with van der Waals surface area (Å²) in [5, 5.41) is 2.94. The summed E-state index contributed by atoms with van der Waals surface area (Å²) in [5.74, 6) is 0.895. The summed E-state index contributed by atoms with van der Waals surface area (Å²) in [5.41, 5.74) is 0.993. The van der Waals surface area contributed by atoms with Crippen LogP contribution in [0.25, 0.3) is 0 Å². The molecule has 1 heterocycles. The molecule has 2 aromatic rings. The van der Waals surface area contributed by atoms with Crippen LogP contribution in [0, 0.1) is 6.92 Å². The molecule has 1 amide bonds. The van der Waals surface area contributed by atoms with Crippen LogP contribution >= 0.6 is 0 Å². The predicted octanol–water partition coefficient (Wildman–Crippen LogP) is 4.92. The molecule has 1 N–H and O–H groups in total. The number of benzene rings is 1. The standard InChI is InChI=1S/C24H36N2O3S/c1-4-6-16-26(17-7-5-2)18-10-15-25-24(27)22-14-13-21(29-22)19-30(28)23-12-9-8-11-20(23)3/h8-9,11-14H,4-7,10,15-19H2,1-3H3,(H,25,27). The van der Waals surface area contributed by atoms with E-state index in [0.717, 1.165) is 36.5 Å². The average Bonchev–Trinajstić information content (AvgIpc) is 3.21. The lowest BCUT2D eigenvalue weighted by Crippen LogP contribution is -2.31. The summed E-state index contributed by atoms with van der Waals surface area (Å²) in [7, 11) is -1.19. The number of carbonyl (C=O) groups excluding carboxylic acids is 1. The largest absolute Gasteiger partial charge is 0.455 e. The zero-order chi connectivity index (χ0) is 21.8. The summed E-state index contributed by atoms with van der Waals surface area (Å²) < 4.78 is 18.2. The van der Waals surface area contributed by atoms with E-state index in [1.165, 1.54) is 25.7 Å². The summed E-state index contributed by atoms with van der Waals surface area (Å²) in [4.78, 5) is 15.7. The molecule has 0 aliphatic carbocycles. The fourth-order valence-corrected chi connectivity index (χ4v) is 4.51. The van der Waals surface area contributed by atoms with E-state index in [0.29, 0.717) is 12.3 Å². The Labute approximate surface area is 183 Å². The minimum absolute atomic E-state index is 0.211. The third kappa shape index (κ3) is 8.07. The van der Waals surface area contributed by atoms with Crippen molar-refractivity contribution in [3.63, 3.8) is 0 Å². The molecule has 1 aromatic heterocycles. The molecule has 0 fully saturated rings. The molecule has 5 nitrogen and oxygen atoms in total. The molecule has 30 heavy (non-hydrogen) atoms. The Bertz CT molecular complexity index is 795. The van der Waals surface area contributed by atoms with Crippen molar-refractivity contribution in [1.29, 1.82) is 0 Å². The molecule has 0 spiro atoms. The molecule has 1 unspecified atom stereocenters. The van der Waals surface area contributed by atoms with Crippen LogP contribution in [-0.4, -0.2) is 41.2 Å². The maximum absolute atomic E-state index is 12.6. The highest BCUT2D eigenvalue weighted by Gasteiger charge is 2.14. The molecule has 6 heteroatoms. The van der Waals surface area contributed by atoms with E-state index in [4.69, 9.17) is 4.42 Å². The minimum atomic E-state index is -1.19. The minimum Gasteiger partial charge on any atom is -0.455 e. The number of rotatable bonds is 14. The quantitative estimate of drug-likeness (QED) is 0.431. The highest BCUT2D eigenvalue weighted by molar-refractivity contribution is 7.84. The van der Waals surface area contributed by atoms with Crippen molar-refractivity contribution >= 4 is 16.7 Å². The van der Waals surface area contributed by atoms with Gasteiger partial charge in [-0.3, -0.25) is 9.00 Å². The third-order valence-electron chi connectivity index (χ3n) is 5.09. The van der Waals surface area contributed by atoms with Gasteiger partial charge in [0.15, 0.2) is 5.76 Å². The van der Waals surface area contributed by atoms with Crippen molar-refractivity contribution < 1.29 is 13.4 Å². The number of nitrogens with zero attached hydrogens (tertiary/aromatic N) is 1. The van der Waals surface area contributed by atoms with Crippen LogP contribution in [0.3, 0.4) is 0 Å². The third-order valence-corrected chi connectivity index (χ3v) is 6.59. The Morgan fingerprint density at radius 2 is 1.67 bits per heavy atom. The monoisotopic (exact) mass is 432 g/mol. The van der Waals surface area contributed by atoms with Crippen LogP contribution in [-0.2, 0) is 16.6 Å². The maximum atomic E-state index is 12.6. The highest BCUT2D eigenvalue weighted by atomic mass is 32.2. The second-order valence-electron chi connectivity index (χ2n) is 7.68. The fourth-order valence-electron chi connectivity index (χ4n) is 3.29. The molecule has 0 radical (unpaired) electrons. The van der Waals surface area contributed by atoms with Gasteiger partial charge in [0, 0.05) is 11.4 Å². The number of nitrogens with one attached hydrogen (secondary N) is 1. The first-order chi connectivity index (χ1) is 14.5. The van der Waals surface area contributed by atoms with E-state index in [1.54, 1.807) is 12.1 Å². The van der Waals surface area contributed by atoms with Gasteiger partial charge in [-0.1, -0.05) is 44.9 Å². The summed E-state index contributed by atoms with van der Waals surface area (Å²) in [6.45, 7) is 10.3. The summed E-state index contributed by atoms with van der Waals surface area (Å²) >= 11 is 0. The van der Waals surface area contributed by atoms with Gasteiger partial charge in [-0.15, -0.1) is 0 Å². The van der Waals surface area contributed by atoms with Gasteiger partial charge in [0.1, 0.15) is 5.76 Å². The predicted molar refractivity (Wildman–Crippen MR) is 123 cm³/mol. The van der Waals surface area contributed by atoms with Crippen molar-refractivity contribution in [2.45, 2.75) is 63.5 Å². The topological polar surface area (TPSA) is 62.6 Å². The van der Waals surface area contributed by atoms with E-state index >= 15 is 0 Å². The second-order valence-corrected chi connectivity index (χ2v) is 9.10. The molecule has 166 valence electrons. The van der Waals surface area contributed by atoms with E-state index in [-0.39, 0.29) is 17.4 Å². The van der Waals surface area contributed by atoms with Gasteiger partial charge in [0.2, 0.25) is 0 Å². The fraction of sp³-hybridized carbons (Fsp3) is 0.542. The first-order valence-electron chi connectivity index (χ1n) is 11.1. The zero-order valence-corrected chi connectivity index (χ0v) is 19.4. The number of furan rings is 1. The number of unbranched alkanes of at least 4 members (excludes halogenated alkanes) is 2. The SMILES string of the molecule is CCCCN(CCCC)CCCNC(=O)c1ccc(CS(=O)c2ccccc2C)o1. The van der Waals surface area contributed by atoms with Gasteiger partial charge in [-0.05, 0) is 69.6 Å². The smallest absolute Gasteiger partial charge is 0.286 e. The Morgan fingerprint density at radius 3 is 2.33 bits per heavy atom. The van der Waals surface area contributed by atoms with Crippen LogP contribution in [0.15, 0.2) is 45.7 Å². The molecule has 0 saturated heterocycles. The highest BCUT2D eigenvalue weighted by Crippen LogP contribution is 2.18. The van der Waals surface area contributed by atoms with Crippen molar-refractivity contribution in [3.8, 4) is 0 Å². The Kier molecular flexibility index (Phi) is 10.9. The molecule has 1 atom stereocenters. The normalized spacial score (nSPS) is 12.3. The number of hydrogen-bond acceptors (Lipinski definition) is 4. The Hall–Kier alpha value is -1.92. The first kappa shape index (κ1) is 24.4. The van der Waals surface area contributed by atoms with Crippen molar-refractivity contribution in [2.24, 2.45) is 0 Å². The number of carbonyl (C=O) groups is 1. The van der Waals surface area contributed by atoms with Crippen LogP contribution in [0.4, 0.5) is 0 Å². The number of amides is 1. The molecular weight excluding hydrogens is 396 g/mol. The van der Waals surface area contributed by atoms with Crippen LogP contribution in [0.2, 0.25) is 0 Å². The summed E-state index contributed by atoms with van der Waals surface area (Å²) in [6, 6.07) is 11.0. The molecule has 1 aromatic carbocycles. The molecule has 0 bridgehead atoms. The Morgan fingerprint density at radius 1 is 1.00 bits per heavy atom. The average molecular weight is 433 g/mol. The van der Waals surface area contributed by atoms with E-state index in [1.807, 2.05) is 31.2 Å². The van der Waals surface area contributed by atoms with Crippen molar-refractivity contribution in [1.82, 2.24) is 10.2 Å². The Balaban J connectivity index is 1.78. The maximum Gasteiger partial charge on any atom is 0.286 e. The van der Waals surface area contributed by atoms with Crippen molar-refractivity contribution in [2.75, 3.05) is 26.2 Å². The number of aryl methyl sites for hydroxylation is 1. The van der Waals surface area contributed by atoms with Gasteiger partial charge in [0.05, 0.1) is 16.6 Å². The lowest BCUT2D eigenvalue weighted by molar-refractivity contribution is 0.0922. The molecule has 0 aliphatic rings. The second kappa shape index (κ2) is 13.4. The van der Waals surface area contributed by atoms with E-state index in [9.17, 15) is 9.00 Å². The van der Waals surface area contributed by atoms with Crippen LogP contribution in [0.5, 0.6) is 0 Å². The zero-order valence-electron chi connectivity index (χ0n) is 18.6. The van der Waals surface area contributed by atoms with Gasteiger partial charge in [-0.25, -0.2) is 0 Å². The van der Waals surface area contributed by atoms with E-state index in [2.05, 4.69) is 24.1 Å². The molecule has 0 saturated carbocycles. The van der Waals surface area contributed by atoms with Crippen LogP contribution < -0.4 is 5.32 Å². The molecule has 2 rings (SSSR count). The van der Waals surface area contributed by atoms with Gasteiger partial charge in [0.25, 0.3) is 5.91 Å². The van der Waals surface area contributed by atoms with Crippen molar-refractivity contribution in [3.05, 3.63) is 53.5 Å². The molecular formula is C24H36N2O3S. The lowest BCUT2D eigenvalue weighted by atomic mass is 10.2. The van der Waals surface area contributed by atoms with Gasteiger partial charge < -0.3 is 14.6 Å². The van der Waals surface area contributed by atoms with Gasteiger partial charge in [-0.2, -0.15) is 0 Å². The number of hydrogen-bond donors (Lipinski definition) is 1.